The molecule has 0 spiro atoms. The molecule has 0 radical (unpaired) electrons. The Balaban J connectivity index is 1.94. The molecular weight excluding hydrogens is 423 g/mol. The number of aryl methyl sites for hydroxylation is 1. The number of carbonyl (C=O) groups excluding carboxylic acids is 1. The summed E-state index contributed by atoms with van der Waals surface area (Å²) in [5.41, 5.74) is -1.06. The maximum absolute atomic E-state index is 13.1. The number of alkyl halides is 3. The third kappa shape index (κ3) is 5.22. The van der Waals surface area contributed by atoms with Crippen molar-refractivity contribution in [1.82, 2.24) is 4.40 Å². The summed E-state index contributed by atoms with van der Waals surface area (Å²) in [6, 6.07) is 9.83. The molecule has 0 bridgehead atoms. The Labute approximate surface area is 182 Å². The molecule has 3 rings (SSSR count). The minimum atomic E-state index is -4.51. The number of oxime groups is 1. The highest BCUT2D eigenvalue weighted by atomic mass is 19.4. The predicted octanol–water partition coefficient (Wildman–Crippen LogP) is 4.24. The summed E-state index contributed by atoms with van der Waals surface area (Å²) in [5, 5.41) is 3.69. The van der Waals surface area contributed by atoms with E-state index in [4.69, 9.17) is 4.84 Å². The second-order valence-electron chi connectivity index (χ2n) is 8.25. The van der Waals surface area contributed by atoms with Gasteiger partial charge >= 0.3 is 17.7 Å². The molecule has 1 aromatic carbocycles. The molecule has 0 aliphatic rings. The Hall–Kier alpha value is -3.49. The number of hydrogen-bond acceptors (Lipinski definition) is 4. The van der Waals surface area contributed by atoms with Crippen LogP contribution in [0.5, 0.6) is 0 Å². The molecule has 0 amide bonds. The molecule has 0 unspecified atom stereocenters. The molecule has 2 heterocycles. The van der Waals surface area contributed by atoms with Crippen LogP contribution in [0.15, 0.2) is 64.8 Å². The van der Waals surface area contributed by atoms with Crippen LogP contribution in [-0.4, -0.2) is 16.6 Å². The maximum Gasteiger partial charge on any atom is 0.416 e. The highest BCUT2D eigenvalue weighted by Gasteiger charge is 2.31. The van der Waals surface area contributed by atoms with Gasteiger partial charge in [-0.15, -0.1) is 0 Å². The molecule has 0 saturated carbocycles. The number of halogens is 3. The van der Waals surface area contributed by atoms with Crippen LogP contribution in [0.2, 0.25) is 0 Å². The van der Waals surface area contributed by atoms with Gasteiger partial charge in [0.15, 0.2) is 0 Å². The SMILES string of the molecule is CC(C)(C)C(=O)O/N=C/CC[n+]1cc(-c2cccc(C(F)(F)F)c2)c(=O)n2ccccc21. The van der Waals surface area contributed by atoms with Gasteiger partial charge < -0.3 is 4.84 Å². The fourth-order valence-electron chi connectivity index (χ4n) is 2.96. The Kier molecular flexibility index (Phi) is 6.47. The van der Waals surface area contributed by atoms with Crippen LogP contribution in [0, 0.1) is 5.41 Å². The first kappa shape index (κ1) is 23.2. The van der Waals surface area contributed by atoms with Gasteiger partial charge in [-0.3, -0.25) is 0 Å². The molecule has 6 nitrogen and oxygen atoms in total. The standard InChI is InChI=1S/C23H23F3N3O3/c1-22(2,3)21(31)32-27-11-7-12-28-15-18(20(30)29-13-5-4-10-19(28)29)16-8-6-9-17(14-16)23(24,25)26/h4-6,8-11,13-15H,7,12H2,1-3H3/q+1/b27-11+. The minimum absolute atomic E-state index is 0.135. The van der Waals surface area contributed by atoms with E-state index in [0.29, 0.717) is 18.6 Å². The second kappa shape index (κ2) is 8.94. The number of pyridine rings is 1. The van der Waals surface area contributed by atoms with Gasteiger partial charge in [-0.05, 0) is 44.5 Å². The van der Waals surface area contributed by atoms with Gasteiger partial charge in [-0.2, -0.15) is 17.6 Å². The van der Waals surface area contributed by atoms with Crippen LogP contribution in [0.25, 0.3) is 16.8 Å². The van der Waals surface area contributed by atoms with Crippen molar-refractivity contribution in [2.45, 2.75) is 39.9 Å². The first-order chi connectivity index (χ1) is 15.0. The summed E-state index contributed by atoms with van der Waals surface area (Å²) < 4.78 is 42.6. The lowest BCUT2D eigenvalue weighted by Crippen LogP contribution is -2.40. The number of nitrogens with zero attached hydrogens (tertiary/aromatic N) is 3. The van der Waals surface area contributed by atoms with Crippen molar-refractivity contribution < 1.29 is 27.4 Å². The normalized spacial score (nSPS) is 12.4. The first-order valence-corrected chi connectivity index (χ1v) is 9.93. The number of aromatic nitrogens is 2. The van der Waals surface area contributed by atoms with E-state index in [1.165, 1.54) is 28.9 Å². The van der Waals surface area contributed by atoms with Gasteiger partial charge in [-0.25, -0.2) is 14.2 Å². The number of carbonyl (C=O) groups is 1. The van der Waals surface area contributed by atoms with E-state index in [2.05, 4.69) is 5.16 Å². The minimum Gasteiger partial charge on any atom is -0.318 e. The Morgan fingerprint density at radius 2 is 1.91 bits per heavy atom. The highest BCUT2D eigenvalue weighted by Crippen LogP contribution is 2.31. The lowest BCUT2D eigenvalue weighted by molar-refractivity contribution is -0.672. The molecule has 9 heteroatoms. The molecule has 2 aromatic heterocycles. The van der Waals surface area contributed by atoms with Crippen LogP contribution in [-0.2, 0) is 22.4 Å². The topological polar surface area (TPSA) is 64.0 Å². The first-order valence-electron chi connectivity index (χ1n) is 9.93. The molecule has 0 saturated heterocycles. The quantitative estimate of drug-likeness (QED) is 0.255. The van der Waals surface area contributed by atoms with Crippen molar-refractivity contribution in [2.75, 3.05) is 0 Å². The maximum atomic E-state index is 13.1. The zero-order valence-corrected chi connectivity index (χ0v) is 17.9. The molecule has 3 aromatic rings. The third-order valence-corrected chi connectivity index (χ3v) is 4.69. The summed E-state index contributed by atoms with van der Waals surface area (Å²) in [6.07, 6.45) is 0.380. The number of benzene rings is 1. The molecule has 0 fully saturated rings. The zero-order valence-electron chi connectivity index (χ0n) is 17.9. The van der Waals surface area contributed by atoms with E-state index in [0.717, 1.165) is 12.1 Å². The molecular formula is C23H23F3N3O3+. The summed E-state index contributed by atoms with van der Waals surface area (Å²) in [4.78, 5) is 29.6. The Bertz CT molecular complexity index is 1220. The van der Waals surface area contributed by atoms with Crippen LogP contribution >= 0.6 is 0 Å². The van der Waals surface area contributed by atoms with Crippen molar-refractivity contribution in [3.63, 3.8) is 0 Å². The van der Waals surface area contributed by atoms with Crippen molar-refractivity contribution in [3.05, 3.63) is 70.8 Å². The van der Waals surface area contributed by atoms with Gasteiger partial charge in [0.05, 0.1) is 23.7 Å². The van der Waals surface area contributed by atoms with E-state index in [-0.39, 0.29) is 11.1 Å². The molecule has 0 atom stereocenters. The van der Waals surface area contributed by atoms with Crippen LogP contribution in [0.3, 0.4) is 0 Å². The summed E-state index contributed by atoms with van der Waals surface area (Å²) >= 11 is 0. The van der Waals surface area contributed by atoms with Gasteiger partial charge in [0.25, 0.3) is 5.65 Å². The van der Waals surface area contributed by atoms with Crippen LogP contribution < -0.4 is 10.1 Å². The number of hydrogen-bond donors (Lipinski definition) is 0. The van der Waals surface area contributed by atoms with Crippen molar-refractivity contribution in [3.8, 4) is 11.1 Å². The van der Waals surface area contributed by atoms with E-state index in [9.17, 15) is 22.8 Å². The van der Waals surface area contributed by atoms with E-state index >= 15 is 0 Å². The summed E-state index contributed by atoms with van der Waals surface area (Å²) in [5.74, 6) is -0.468. The largest absolute Gasteiger partial charge is 0.416 e. The molecule has 168 valence electrons. The third-order valence-electron chi connectivity index (χ3n) is 4.69. The molecule has 0 aliphatic carbocycles. The molecule has 0 aliphatic heterocycles. The van der Waals surface area contributed by atoms with Crippen LogP contribution in [0.4, 0.5) is 13.2 Å². The molecule has 32 heavy (non-hydrogen) atoms. The van der Waals surface area contributed by atoms with Gasteiger partial charge in [-0.1, -0.05) is 23.4 Å². The fraction of sp³-hybridized carbons (Fsp3) is 0.304. The van der Waals surface area contributed by atoms with Crippen molar-refractivity contribution >= 4 is 17.8 Å². The fourth-order valence-corrected chi connectivity index (χ4v) is 2.96. The average Bonchev–Trinajstić information content (AvgIpc) is 2.73. The lowest BCUT2D eigenvalue weighted by atomic mass is 9.98. The monoisotopic (exact) mass is 446 g/mol. The smallest absolute Gasteiger partial charge is 0.318 e. The zero-order chi connectivity index (χ0) is 23.5. The Morgan fingerprint density at radius 1 is 1.16 bits per heavy atom. The van der Waals surface area contributed by atoms with Crippen LogP contribution in [0.1, 0.15) is 32.8 Å². The highest BCUT2D eigenvalue weighted by molar-refractivity contribution is 5.75. The second-order valence-corrected chi connectivity index (χ2v) is 8.25. The van der Waals surface area contributed by atoms with Crippen molar-refractivity contribution in [1.29, 1.82) is 0 Å². The lowest BCUT2D eigenvalue weighted by Gasteiger charge is -2.12. The summed E-state index contributed by atoms with van der Waals surface area (Å²) in [6.45, 7) is 5.49. The average molecular weight is 446 g/mol. The van der Waals surface area contributed by atoms with Crippen molar-refractivity contribution in [2.24, 2.45) is 10.6 Å². The number of fused-ring (bicyclic) bond motifs is 1. The predicted molar refractivity (Wildman–Crippen MR) is 113 cm³/mol. The van der Waals surface area contributed by atoms with E-state index < -0.39 is 28.7 Å². The van der Waals surface area contributed by atoms with Gasteiger partial charge in [0.1, 0.15) is 11.8 Å². The summed E-state index contributed by atoms with van der Waals surface area (Å²) in [7, 11) is 0. The van der Waals surface area contributed by atoms with E-state index in [1.54, 1.807) is 49.7 Å². The van der Waals surface area contributed by atoms with Gasteiger partial charge in [0.2, 0.25) is 0 Å². The number of rotatable bonds is 5. The Morgan fingerprint density at radius 3 is 2.59 bits per heavy atom. The molecule has 0 N–H and O–H groups in total. The van der Waals surface area contributed by atoms with Gasteiger partial charge in [0, 0.05) is 18.7 Å². The van der Waals surface area contributed by atoms with E-state index in [1.807, 2.05) is 0 Å².